The Kier molecular flexibility index (Phi) is 5.06. The van der Waals surface area contributed by atoms with Gasteiger partial charge in [-0.15, -0.1) is 0 Å². The van der Waals surface area contributed by atoms with Crippen molar-refractivity contribution in [2.45, 2.75) is 12.8 Å². The molecule has 2 heterocycles. The zero-order valence-corrected chi connectivity index (χ0v) is 12.7. The second-order valence-electron chi connectivity index (χ2n) is 5.88. The van der Waals surface area contributed by atoms with E-state index in [1.807, 2.05) is 12.4 Å². The lowest BCUT2D eigenvalue weighted by molar-refractivity contribution is 0.153. The fourth-order valence-electron chi connectivity index (χ4n) is 2.83. The fourth-order valence-corrected chi connectivity index (χ4v) is 2.83. The van der Waals surface area contributed by atoms with E-state index in [2.05, 4.69) is 15.2 Å². The predicted molar refractivity (Wildman–Crippen MR) is 85.6 cm³/mol. The van der Waals surface area contributed by atoms with Crippen LogP contribution in [0.4, 0.5) is 4.39 Å². The summed E-state index contributed by atoms with van der Waals surface area (Å²) in [5, 5.41) is 3.19. The molecule has 0 unspecified atom stereocenters. The molecule has 0 amide bonds. The number of ether oxygens (including phenoxy) is 1. The average molecular weight is 303 g/mol. The number of piperidine rings is 1. The van der Waals surface area contributed by atoms with Gasteiger partial charge in [0, 0.05) is 18.9 Å². The van der Waals surface area contributed by atoms with Gasteiger partial charge in [-0.2, -0.15) is 0 Å². The van der Waals surface area contributed by atoms with Crippen molar-refractivity contribution in [2.24, 2.45) is 10.9 Å². The van der Waals surface area contributed by atoms with E-state index in [4.69, 9.17) is 4.74 Å². The SMILES string of the molecule is Fc1ccc(OCC2CCN(CC3=NC=CNC3)CC2)cc1. The molecule has 1 aromatic carbocycles. The molecule has 4 nitrogen and oxygen atoms in total. The molecular weight excluding hydrogens is 281 g/mol. The van der Waals surface area contributed by atoms with Crippen molar-refractivity contribution < 1.29 is 9.13 Å². The number of likely N-dealkylation sites (tertiary alicyclic amines) is 1. The van der Waals surface area contributed by atoms with Crippen molar-refractivity contribution in [1.82, 2.24) is 10.2 Å². The highest BCUT2D eigenvalue weighted by Gasteiger charge is 2.20. The van der Waals surface area contributed by atoms with Crippen molar-refractivity contribution in [3.05, 3.63) is 42.5 Å². The van der Waals surface area contributed by atoms with Gasteiger partial charge in [-0.3, -0.25) is 9.89 Å². The second kappa shape index (κ2) is 7.40. The topological polar surface area (TPSA) is 36.9 Å². The molecule has 0 bridgehead atoms. The predicted octanol–water partition coefficient (Wildman–Crippen LogP) is 2.43. The van der Waals surface area contributed by atoms with Gasteiger partial charge in [0.15, 0.2) is 0 Å². The van der Waals surface area contributed by atoms with Crippen LogP contribution in [0.15, 0.2) is 41.7 Å². The van der Waals surface area contributed by atoms with E-state index >= 15 is 0 Å². The van der Waals surface area contributed by atoms with Crippen LogP contribution in [0, 0.1) is 11.7 Å². The molecule has 118 valence electrons. The summed E-state index contributed by atoms with van der Waals surface area (Å²) < 4.78 is 18.6. The van der Waals surface area contributed by atoms with Crippen LogP contribution in [0.1, 0.15) is 12.8 Å². The molecule has 0 spiro atoms. The van der Waals surface area contributed by atoms with Crippen molar-refractivity contribution in [2.75, 3.05) is 32.8 Å². The number of nitrogens with one attached hydrogen (secondary N) is 1. The van der Waals surface area contributed by atoms with E-state index in [-0.39, 0.29) is 5.82 Å². The van der Waals surface area contributed by atoms with Gasteiger partial charge in [-0.25, -0.2) is 4.39 Å². The molecule has 2 aliphatic heterocycles. The summed E-state index contributed by atoms with van der Waals surface area (Å²) in [6, 6.07) is 6.25. The molecule has 5 heteroatoms. The van der Waals surface area contributed by atoms with E-state index in [9.17, 15) is 4.39 Å². The Morgan fingerprint density at radius 3 is 2.68 bits per heavy atom. The van der Waals surface area contributed by atoms with Gasteiger partial charge < -0.3 is 10.1 Å². The third kappa shape index (κ3) is 4.31. The van der Waals surface area contributed by atoms with Crippen molar-refractivity contribution >= 4 is 5.71 Å². The molecule has 0 atom stereocenters. The van der Waals surface area contributed by atoms with Gasteiger partial charge >= 0.3 is 0 Å². The first-order valence-corrected chi connectivity index (χ1v) is 7.84. The van der Waals surface area contributed by atoms with Crippen molar-refractivity contribution in [1.29, 1.82) is 0 Å². The summed E-state index contributed by atoms with van der Waals surface area (Å²) in [6.07, 6.45) is 5.97. The molecule has 22 heavy (non-hydrogen) atoms. The van der Waals surface area contributed by atoms with E-state index in [0.29, 0.717) is 12.5 Å². The maximum atomic E-state index is 12.8. The lowest BCUT2D eigenvalue weighted by Gasteiger charge is -2.32. The molecular formula is C17H22FN3O. The smallest absolute Gasteiger partial charge is 0.123 e. The van der Waals surface area contributed by atoms with E-state index in [1.54, 1.807) is 12.1 Å². The molecule has 1 aromatic rings. The molecule has 0 saturated carbocycles. The first-order chi connectivity index (χ1) is 10.8. The van der Waals surface area contributed by atoms with Crippen LogP contribution in [-0.2, 0) is 0 Å². The minimum Gasteiger partial charge on any atom is -0.493 e. The highest BCUT2D eigenvalue weighted by atomic mass is 19.1. The zero-order valence-electron chi connectivity index (χ0n) is 12.7. The number of nitrogens with zero attached hydrogens (tertiary/aromatic N) is 2. The van der Waals surface area contributed by atoms with E-state index in [1.165, 1.54) is 17.8 Å². The van der Waals surface area contributed by atoms with Crippen molar-refractivity contribution in [3.8, 4) is 5.75 Å². The van der Waals surface area contributed by atoms with Crippen molar-refractivity contribution in [3.63, 3.8) is 0 Å². The maximum Gasteiger partial charge on any atom is 0.123 e. The first-order valence-electron chi connectivity index (χ1n) is 7.84. The van der Waals surface area contributed by atoms with Gasteiger partial charge in [0.2, 0.25) is 0 Å². The minimum atomic E-state index is -0.226. The average Bonchev–Trinajstić information content (AvgIpc) is 2.57. The van der Waals surface area contributed by atoms with Gasteiger partial charge in [-0.1, -0.05) is 0 Å². The van der Waals surface area contributed by atoms with E-state index < -0.39 is 0 Å². The number of benzene rings is 1. The standard InChI is InChI=1S/C17H22FN3O/c18-15-1-3-17(4-2-15)22-13-14-5-9-21(10-6-14)12-16-11-19-7-8-20-16/h1-4,7-8,14,19H,5-6,9-13H2. The molecule has 2 aliphatic rings. The number of rotatable bonds is 5. The number of hydrogen-bond acceptors (Lipinski definition) is 4. The molecule has 0 aromatic heterocycles. The molecule has 3 rings (SSSR count). The highest BCUT2D eigenvalue weighted by molar-refractivity contribution is 5.89. The normalized spacial score (nSPS) is 19.6. The van der Waals surface area contributed by atoms with Gasteiger partial charge in [0.25, 0.3) is 0 Å². The monoisotopic (exact) mass is 303 g/mol. The quantitative estimate of drug-likeness (QED) is 0.908. The number of aliphatic imine (C=N–C) groups is 1. The van der Waals surface area contributed by atoms with Crippen LogP contribution in [0.3, 0.4) is 0 Å². The minimum absolute atomic E-state index is 0.226. The van der Waals surface area contributed by atoms with Gasteiger partial charge in [0.05, 0.1) is 18.9 Å². The molecule has 1 fully saturated rings. The Bertz CT molecular complexity index is 533. The largest absolute Gasteiger partial charge is 0.493 e. The zero-order chi connectivity index (χ0) is 15.2. The summed E-state index contributed by atoms with van der Waals surface area (Å²) in [6.45, 7) is 4.68. The molecule has 1 N–H and O–H groups in total. The third-order valence-electron chi connectivity index (χ3n) is 4.17. The Balaban J connectivity index is 1.39. The van der Waals surface area contributed by atoms with Crippen LogP contribution >= 0.6 is 0 Å². The fraction of sp³-hybridized carbons (Fsp3) is 0.471. The summed E-state index contributed by atoms with van der Waals surface area (Å²) in [7, 11) is 0. The summed E-state index contributed by atoms with van der Waals surface area (Å²) in [4.78, 5) is 6.85. The summed E-state index contributed by atoms with van der Waals surface area (Å²) in [5.74, 6) is 1.10. The van der Waals surface area contributed by atoms with Crippen LogP contribution < -0.4 is 10.1 Å². The van der Waals surface area contributed by atoms with Crippen LogP contribution in [0.25, 0.3) is 0 Å². The molecule has 0 radical (unpaired) electrons. The van der Waals surface area contributed by atoms with Gasteiger partial charge in [0.1, 0.15) is 11.6 Å². The summed E-state index contributed by atoms with van der Waals surface area (Å²) >= 11 is 0. The third-order valence-corrected chi connectivity index (χ3v) is 4.17. The lowest BCUT2D eigenvalue weighted by Crippen LogP contribution is -2.40. The second-order valence-corrected chi connectivity index (χ2v) is 5.88. The number of halogens is 1. The Morgan fingerprint density at radius 2 is 2.00 bits per heavy atom. The Hall–Kier alpha value is -1.88. The van der Waals surface area contributed by atoms with Crippen LogP contribution in [0.2, 0.25) is 0 Å². The van der Waals surface area contributed by atoms with Crippen LogP contribution in [0.5, 0.6) is 5.75 Å². The Labute approximate surface area is 130 Å². The highest BCUT2D eigenvalue weighted by Crippen LogP contribution is 2.19. The summed E-state index contributed by atoms with van der Waals surface area (Å²) in [5.41, 5.74) is 1.20. The van der Waals surface area contributed by atoms with E-state index in [0.717, 1.165) is 44.8 Å². The Morgan fingerprint density at radius 1 is 1.23 bits per heavy atom. The van der Waals surface area contributed by atoms with Crippen LogP contribution in [-0.4, -0.2) is 43.4 Å². The van der Waals surface area contributed by atoms with Gasteiger partial charge in [-0.05, 0) is 56.1 Å². The number of hydrogen-bond donors (Lipinski definition) is 1. The lowest BCUT2D eigenvalue weighted by atomic mass is 9.97. The molecule has 1 saturated heterocycles. The maximum absolute atomic E-state index is 12.8. The first kappa shape index (κ1) is 15.0. The molecule has 0 aliphatic carbocycles.